The summed E-state index contributed by atoms with van der Waals surface area (Å²) < 4.78 is 0. The van der Waals surface area contributed by atoms with E-state index in [1.54, 1.807) is 0 Å². The molecular weight excluding hydrogens is 194 g/mol. The van der Waals surface area contributed by atoms with Crippen molar-refractivity contribution in [1.29, 1.82) is 0 Å². The molecule has 16 heavy (non-hydrogen) atoms. The molecule has 1 heteroatoms. The molecule has 0 amide bonds. The topological polar surface area (TPSA) is 12.9 Å². The minimum atomic E-state index is 1.06. The lowest BCUT2D eigenvalue weighted by molar-refractivity contribution is 1.20. The normalized spacial score (nSPS) is 10.5. The first kappa shape index (κ1) is 10.9. The van der Waals surface area contributed by atoms with Crippen LogP contribution in [0.5, 0.6) is 0 Å². The van der Waals surface area contributed by atoms with E-state index in [2.05, 4.69) is 50.0 Å². The van der Waals surface area contributed by atoms with E-state index < -0.39 is 0 Å². The lowest BCUT2D eigenvalue weighted by Crippen LogP contribution is -1.89. The third-order valence-electron chi connectivity index (χ3n) is 3.17. The first-order chi connectivity index (χ1) is 7.58. The van der Waals surface area contributed by atoms with Gasteiger partial charge in [0.1, 0.15) is 0 Å². The first-order valence-electron chi connectivity index (χ1n) is 5.59. The molecule has 1 nitrogen and oxygen atoms in total. The van der Waals surface area contributed by atoms with Crippen LogP contribution in [0.4, 0.5) is 0 Å². The van der Waals surface area contributed by atoms with E-state index in [1.165, 1.54) is 27.8 Å². The molecule has 0 fully saturated rings. The minimum absolute atomic E-state index is 1.06. The summed E-state index contributed by atoms with van der Waals surface area (Å²) in [6, 6.07) is 8.65. The van der Waals surface area contributed by atoms with Crippen LogP contribution in [0.3, 0.4) is 0 Å². The Morgan fingerprint density at radius 2 is 1.44 bits per heavy atom. The quantitative estimate of drug-likeness (QED) is 0.695. The van der Waals surface area contributed by atoms with Crippen molar-refractivity contribution in [2.75, 3.05) is 0 Å². The number of pyridine rings is 1. The Morgan fingerprint density at radius 3 is 1.94 bits per heavy atom. The molecule has 1 aromatic heterocycles. The van der Waals surface area contributed by atoms with Gasteiger partial charge in [-0.25, -0.2) is 0 Å². The molecule has 0 aliphatic rings. The van der Waals surface area contributed by atoms with Crippen LogP contribution < -0.4 is 0 Å². The van der Waals surface area contributed by atoms with E-state index in [-0.39, 0.29) is 0 Å². The zero-order valence-corrected chi connectivity index (χ0v) is 10.3. The Hall–Kier alpha value is -1.63. The maximum Gasteiger partial charge on any atom is 0.0373 e. The Labute approximate surface area is 97.2 Å². The molecule has 0 spiro atoms. The molecule has 2 rings (SSSR count). The Kier molecular flexibility index (Phi) is 2.78. The maximum absolute atomic E-state index is 4.34. The molecule has 0 bridgehead atoms. The summed E-state index contributed by atoms with van der Waals surface area (Å²) >= 11 is 0. The van der Waals surface area contributed by atoms with Crippen molar-refractivity contribution < 1.29 is 0 Å². The van der Waals surface area contributed by atoms with Crippen LogP contribution in [0.25, 0.3) is 11.1 Å². The number of rotatable bonds is 1. The molecule has 2 aromatic rings. The van der Waals surface area contributed by atoms with E-state index in [0.717, 1.165) is 5.69 Å². The third kappa shape index (κ3) is 1.99. The van der Waals surface area contributed by atoms with Crippen LogP contribution >= 0.6 is 0 Å². The molecular formula is C15H17N. The van der Waals surface area contributed by atoms with Crippen molar-refractivity contribution in [2.24, 2.45) is 0 Å². The number of aromatic nitrogens is 1. The van der Waals surface area contributed by atoms with Gasteiger partial charge in [0, 0.05) is 17.5 Å². The summed E-state index contributed by atoms with van der Waals surface area (Å²) in [5.41, 5.74) is 7.57. The molecule has 0 N–H and O–H groups in total. The van der Waals surface area contributed by atoms with Crippen LogP contribution in [-0.4, -0.2) is 4.98 Å². The van der Waals surface area contributed by atoms with Gasteiger partial charge in [0.05, 0.1) is 0 Å². The molecule has 0 atom stereocenters. The second-order valence-electron chi connectivity index (χ2n) is 4.42. The van der Waals surface area contributed by atoms with E-state index >= 15 is 0 Å². The molecule has 0 unspecified atom stereocenters. The standard InChI is InChI=1S/C15H17N/c1-10-7-15(8-11(2)13(10)4)14-6-5-12(3)16-9-14/h5-9H,1-4H3. The number of benzene rings is 1. The Morgan fingerprint density at radius 1 is 0.812 bits per heavy atom. The first-order valence-corrected chi connectivity index (χ1v) is 5.59. The predicted molar refractivity (Wildman–Crippen MR) is 68.6 cm³/mol. The molecule has 82 valence electrons. The monoisotopic (exact) mass is 211 g/mol. The van der Waals surface area contributed by atoms with Crippen molar-refractivity contribution in [3.8, 4) is 11.1 Å². The fraction of sp³-hybridized carbons (Fsp3) is 0.267. The highest BCUT2D eigenvalue weighted by Crippen LogP contribution is 2.24. The molecule has 0 saturated carbocycles. The summed E-state index contributed by atoms with van der Waals surface area (Å²) in [6.07, 6.45) is 1.94. The van der Waals surface area contributed by atoms with Gasteiger partial charge in [-0.15, -0.1) is 0 Å². The van der Waals surface area contributed by atoms with Gasteiger partial charge in [0.2, 0.25) is 0 Å². The number of nitrogens with zero attached hydrogens (tertiary/aromatic N) is 1. The molecule has 0 aliphatic carbocycles. The largest absolute Gasteiger partial charge is 0.261 e. The fourth-order valence-electron chi connectivity index (χ4n) is 1.84. The summed E-state index contributed by atoms with van der Waals surface area (Å²) in [5.74, 6) is 0. The van der Waals surface area contributed by atoms with E-state index in [9.17, 15) is 0 Å². The van der Waals surface area contributed by atoms with Gasteiger partial charge in [-0.1, -0.05) is 18.2 Å². The van der Waals surface area contributed by atoms with Gasteiger partial charge >= 0.3 is 0 Å². The molecule has 0 radical (unpaired) electrons. The van der Waals surface area contributed by atoms with Gasteiger partial charge in [0.25, 0.3) is 0 Å². The lowest BCUT2D eigenvalue weighted by atomic mass is 9.97. The minimum Gasteiger partial charge on any atom is -0.261 e. The number of hydrogen-bond donors (Lipinski definition) is 0. The predicted octanol–water partition coefficient (Wildman–Crippen LogP) is 3.98. The van der Waals surface area contributed by atoms with E-state index in [1.807, 2.05) is 13.1 Å². The Bertz CT molecular complexity index is 486. The van der Waals surface area contributed by atoms with Gasteiger partial charge < -0.3 is 0 Å². The van der Waals surface area contributed by atoms with Gasteiger partial charge in [0.15, 0.2) is 0 Å². The highest BCUT2D eigenvalue weighted by Gasteiger charge is 2.03. The van der Waals surface area contributed by atoms with Crippen LogP contribution in [-0.2, 0) is 0 Å². The van der Waals surface area contributed by atoms with Crippen molar-refractivity contribution in [3.05, 3.63) is 52.8 Å². The average Bonchev–Trinajstić information content (AvgIpc) is 2.26. The smallest absolute Gasteiger partial charge is 0.0373 e. The molecule has 1 aromatic carbocycles. The average molecular weight is 211 g/mol. The SMILES string of the molecule is Cc1ccc(-c2cc(C)c(C)c(C)c2)cn1. The van der Waals surface area contributed by atoms with E-state index in [4.69, 9.17) is 0 Å². The molecule has 0 aliphatic heterocycles. The second kappa shape index (κ2) is 4.09. The van der Waals surface area contributed by atoms with Crippen molar-refractivity contribution >= 4 is 0 Å². The third-order valence-corrected chi connectivity index (χ3v) is 3.17. The van der Waals surface area contributed by atoms with Crippen molar-refractivity contribution in [1.82, 2.24) is 4.98 Å². The summed E-state index contributed by atoms with van der Waals surface area (Å²) in [7, 11) is 0. The second-order valence-corrected chi connectivity index (χ2v) is 4.42. The maximum atomic E-state index is 4.34. The Balaban J connectivity index is 2.52. The number of hydrogen-bond acceptors (Lipinski definition) is 1. The molecule has 0 saturated heterocycles. The fourth-order valence-corrected chi connectivity index (χ4v) is 1.84. The summed E-state index contributed by atoms with van der Waals surface area (Å²) in [6.45, 7) is 8.50. The van der Waals surface area contributed by atoms with Crippen molar-refractivity contribution in [3.63, 3.8) is 0 Å². The highest BCUT2D eigenvalue weighted by atomic mass is 14.7. The van der Waals surface area contributed by atoms with Gasteiger partial charge in [-0.3, -0.25) is 4.98 Å². The lowest BCUT2D eigenvalue weighted by Gasteiger charge is -2.09. The van der Waals surface area contributed by atoms with Gasteiger partial charge in [-0.05, 0) is 56.0 Å². The van der Waals surface area contributed by atoms with Crippen LogP contribution in [0.1, 0.15) is 22.4 Å². The van der Waals surface area contributed by atoms with Crippen LogP contribution in [0.2, 0.25) is 0 Å². The van der Waals surface area contributed by atoms with Crippen molar-refractivity contribution in [2.45, 2.75) is 27.7 Å². The molecule has 1 heterocycles. The summed E-state index contributed by atoms with van der Waals surface area (Å²) in [5, 5.41) is 0. The summed E-state index contributed by atoms with van der Waals surface area (Å²) in [4.78, 5) is 4.34. The van der Waals surface area contributed by atoms with E-state index in [0.29, 0.717) is 0 Å². The zero-order chi connectivity index (χ0) is 11.7. The highest BCUT2D eigenvalue weighted by molar-refractivity contribution is 5.65. The number of aryl methyl sites for hydroxylation is 3. The van der Waals surface area contributed by atoms with Crippen LogP contribution in [0, 0.1) is 27.7 Å². The van der Waals surface area contributed by atoms with Gasteiger partial charge in [-0.2, -0.15) is 0 Å². The van der Waals surface area contributed by atoms with Crippen LogP contribution in [0.15, 0.2) is 30.5 Å². The zero-order valence-electron chi connectivity index (χ0n) is 10.3.